The van der Waals surface area contributed by atoms with Crippen molar-refractivity contribution in [3.63, 3.8) is 0 Å². The molecule has 2 rings (SSSR count). The molecule has 0 aromatic rings. The topological polar surface area (TPSA) is 20.3 Å². The fourth-order valence-electron chi connectivity index (χ4n) is 3.92. The Bertz CT molecular complexity index is 287. The second-order valence-electron chi connectivity index (χ2n) is 7.31. The lowest BCUT2D eigenvalue weighted by Gasteiger charge is -2.32. The van der Waals surface area contributed by atoms with Gasteiger partial charge in [-0.2, -0.15) is 0 Å². The van der Waals surface area contributed by atoms with E-state index in [4.69, 9.17) is 0 Å². The minimum atomic E-state index is 0.362. The van der Waals surface area contributed by atoms with Gasteiger partial charge in [-0.3, -0.25) is 4.79 Å². The van der Waals surface area contributed by atoms with E-state index in [1.54, 1.807) is 0 Å². The Hall–Kier alpha value is -0.530. The minimum Gasteiger partial charge on any atom is -0.342 e. The predicted octanol–water partition coefficient (Wildman–Crippen LogP) is 3.56. The third-order valence-corrected chi connectivity index (χ3v) is 4.54. The molecule has 0 heterocycles. The van der Waals surface area contributed by atoms with Crippen molar-refractivity contribution in [3.05, 3.63) is 0 Å². The molecule has 18 heavy (non-hydrogen) atoms. The number of fused-ring (bicyclic) bond motifs is 2. The normalized spacial score (nSPS) is 30.4. The molecule has 0 radical (unpaired) electrons. The summed E-state index contributed by atoms with van der Waals surface area (Å²) < 4.78 is 0. The number of nitrogens with zero attached hydrogens (tertiary/aromatic N) is 1. The van der Waals surface area contributed by atoms with Crippen LogP contribution >= 0.6 is 0 Å². The lowest BCUT2D eigenvalue weighted by Crippen LogP contribution is -2.42. The summed E-state index contributed by atoms with van der Waals surface area (Å²) in [5.74, 6) is 3.55. The van der Waals surface area contributed by atoms with Crippen LogP contribution in [0.1, 0.15) is 53.4 Å². The van der Waals surface area contributed by atoms with Crippen molar-refractivity contribution in [1.82, 2.24) is 4.90 Å². The summed E-state index contributed by atoms with van der Waals surface area (Å²) in [4.78, 5) is 14.9. The zero-order chi connectivity index (χ0) is 13.3. The van der Waals surface area contributed by atoms with Crippen LogP contribution in [0, 0.1) is 29.6 Å². The Morgan fingerprint density at radius 3 is 2.06 bits per heavy atom. The molecule has 2 saturated carbocycles. The summed E-state index contributed by atoms with van der Waals surface area (Å²) in [6.45, 7) is 10.7. The average molecular weight is 251 g/mol. The van der Waals surface area contributed by atoms with Crippen molar-refractivity contribution in [2.75, 3.05) is 13.1 Å². The standard InChI is InChI=1S/C16H29NO/c1-11(2)9-17(10-12(3)4)16(18)15-8-13-5-6-14(15)7-13/h11-15H,5-10H2,1-4H3/t13-,14-,15+/m0/s1. The van der Waals surface area contributed by atoms with Crippen LogP contribution in [-0.4, -0.2) is 23.9 Å². The van der Waals surface area contributed by atoms with E-state index >= 15 is 0 Å². The summed E-state index contributed by atoms with van der Waals surface area (Å²) in [6, 6.07) is 0. The monoisotopic (exact) mass is 251 g/mol. The van der Waals surface area contributed by atoms with Crippen LogP contribution in [0.5, 0.6) is 0 Å². The fraction of sp³-hybridized carbons (Fsp3) is 0.938. The highest BCUT2D eigenvalue weighted by Gasteiger charge is 2.44. The van der Waals surface area contributed by atoms with Gasteiger partial charge in [-0.15, -0.1) is 0 Å². The number of rotatable bonds is 5. The Labute approximate surface area is 112 Å². The number of carbonyl (C=O) groups excluding carboxylic acids is 1. The van der Waals surface area contributed by atoms with Gasteiger partial charge in [0.05, 0.1) is 0 Å². The number of hydrogen-bond donors (Lipinski definition) is 0. The molecule has 104 valence electrons. The van der Waals surface area contributed by atoms with Gasteiger partial charge in [-0.1, -0.05) is 34.1 Å². The van der Waals surface area contributed by atoms with E-state index in [1.807, 2.05) is 0 Å². The second-order valence-corrected chi connectivity index (χ2v) is 7.31. The lowest BCUT2D eigenvalue weighted by atomic mass is 9.87. The molecule has 0 saturated heterocycles. The first-order valence-electron chi connectivity index (χ1n) is 7.76. The maximum absolute atomic E-state index is 12.7. The molecule has 0 unspecified atom stereocenters. The zero-order valence-corrected chi connectivity index (χ0v) is 12.5. The summed E-state index contributed by atoms with van der Waals surface area (Å²) in [5.41, 5.74) is 0. The highest BCUT2D eigenvalue weighted by molar-refractivity contribution is 5.79. The molecule has 0 aromatic carbocycles. The van der Waals surface area contributed by atoms with E-state index in [1.165, 1.54) is 25.7 Å². The number of carbonyl (C=O) groups is 1. The summed E-state index contributed by atoms with van der Waals surface area (Å²) >= 11 is 0. The molecule has 2 nitrogen and oxygen atoms in total. The molecule has 2 aliphatic rings. The average Bonchev–Trinajstić information content (AvgIpc) is 2.87. The van der Waals surface area contributed by atoms with Crippen LogP contribution in [-0.2, 0) is 4.79 Å². The van der Waals surface area contributed by atoms with Crippen LogP contribution in [0.4, 0.5) is 0 Å². The highest BCUT2D eigenvalue weighted by Crippen LogP contribution is 2.48. The van der Waals surface area contributed by atoms with Gasteiger partial charge in [0.1, 0.15) is 0 Å². The maximum atomic E-state index is 12.7. The van der Waals surface area contributed by atoms with E-state index in [0.717, 1.165) is 19.0 Å². The van der Waals surface area contributed by atoms with Gasteiger partial charge in [-0.25, -0.2) is 0 Å². The van der Waals surface area contributed by atoms with Gasteiger partial charge in [0, 0.05) is 19.0 Å². The fourth-order valence-corrected chi connectivity index (χ4v) is 3.92. The molecule has 2 heteroatoms. The van der Waals surface area contributed by atoms with Gasteiger partial charge < -0.3 is 4.90 Å². The van der Waals surface area contributed by atoms with Gasteiger partial charge >= 0.3 is 0 Å². The number of hydrogen-bond acceptors (Lipinski definition) is 1. The Kier molecular flexibility index (Phi) is 4.34. The molecule has 0 aromatic heterocycles. The first-order valence-corrected chi connectivity index (χ1v) is 7.76. The lowest BCUT2D eigenvalue weighted by molar-refractivity contribution is -0.138. The van der Waals surface area contributed by atoms with Crippen LogP contribution in [0.3, 0.4) is 0 Å². The molecule has 2 fully saturated rings. The first kappa shape index (κ1) is 13.9. The van der Waals surface area contributed by atoms with Crippen LogP contribution in [0.15, 0.2) is 0 Å². The molecule has 3 atom stereocenters. The largest absolute Gasteiger partial charge is 0.342 e. The van der Waals surface area contributed by atoms with Crippen molar-refractivity contribution < 1.29 is 4.79 Å². The van der Waals surface area contributed by atoms with Crippen LogP contribution in [0.25, 0.3) is 0 Å². The van der Waals surface area contributed by atoms with E-state index in [-0.39, 0.29) is 0 Å². The maximum Gasteiger partial charge on any atom is 0.225 e. The summed E-state index contributed by atoms with van der Waals surface area (Å²) in [7, 11) is 0. The Morgan fingerprint density at radius 1 is 1.06 bits per heavy atom. The van der Waals surface area contributed by atoms with Gasteiger partial charge in [0.25, 0.3) is 0 Å². The molecule has 1 amide bonds. The predicted molar refractivity (Wildman–Crippen MR) is 75.2 cm³/mol. The molecule has 2 aliphatic carbocycles. The van der Waals surface area contributed by atoms with Gasteiger partial charge in [0.15, 0.2) is 0 Å². The van der Waals surface area contributed by atoms with E-state index in [0.29, 0.717) is 29.6 Å². The molecular formula is C16H29NO. The van der Waals surface area contributed by atoms with E-state index in [9.17, 15) is 4.79 Å². The highest BCUT2D eigenvalue weighted by atomic mass is 16.2. The summed E-state index contributed by atoms with van der Waals surface area (Å²) in [6.07, 6.45) is 5.19. The van der Waals surface area contributed by atoms with Crippen molar-refractivity contribution >= 4 is 5.91 Å². The summed E-state index contributed by atoms with van der Waals surface area (Å²) in [5, 5.41) is 0. The molecule has 2 bridgehead atoms. The SMILES string of the molecule is CC(C)CN(CC(C)C)C(=O)[C@@H]1C[C@H]2CC[C@H]1C2. The molecule has 0 aliphatic heterocycles. The zero-order valence-electron chi connectivity index (χ0n) is 12.5. The van der Waals surface area contributed by atoms with Crippen molar-refractivity contribution in [1.29, 1.82) is 0 Å². The Balaban J connectivity index is 1.98. The van der Waals surface area contributed by atoms with Crippen molar-refractivity contribution in [2.24, 2.45) is 29.6 Å². The minimum absolute atomic E-state index is 0.362. The van der Waals surface area contributed by atoms with Gasteiger partial charge in [-0.05, 0) is 42.9 Å². The van der Waals surface area contributed by atoms with Crippen LogP contribution in [0.2, 0.25) is 0 Å². The molecule has 0 N–H and O–H groups in total. The first-order chi connectivity index (χ1) is 8.47. The van der Waals surface area contributed by atoms with Gasteiger partial charge in [0.2, 0.25) is 5.91 Å². The van der Waals surface area contributed by atoms with Crippen LogP contribution < -0.4 is 0 Å². The third-order valence-electron chi connectivity index (χ3n) is 4.54. The van der Waals surface area contributed by atoms with Crippen molar-refractivity contribution in [3.8, 4) is 0 Å². The Morgan fingerprint density at radius 2 is 1.67 bits per heavy atom. The smallest absolute Gasteiger partial charge is 0.225 e. The van der Waals surface area contributed by atoms with E-state index in [2.05, 4.69) is 32.6 Å². The second kappa shape index (κ2) is 5.63. The van der Waals surface area contributed by atoms with Crippen molar-refractivity contribution in [2.45, 2.75) is 53.4 Å². The molecule has 0 spiro atoms. The number of amides is 1. The molecular weight excluding hydrogens is 222 g/mol. The van der Waals surface area contributed by atoms with E-state index < -0.39 is 0 Å². The third kappa shape index (κ3) is 3.07. The quantitative estimate of drug-likeness (QED) is 0.731.